The summed E-state index contributed by atoms with van der Waals surface area (Å²) in [6.07, 6.45) is 3.89. The van der Waals surface area contributed by atoms with E-state index in [0.717, 1.165) is 25.7 Å². The van der Waals surface area contributed by atoms with Gasteiger partial charge >= 0.3 is 0 Å². The highest BCUT2D eigenvalue weighted by atomic mass is 79.9. The first-order chi connectivity index (χ1) is 9.36. The standard InChI is InChI=1S/C13H20BrNO4S/c1-9-3-5-10(6-4-9)15(2)20(17,18)12-7-11(8-16)19-13(12)14/h7,9-10,16H,3-6,8H2,1-2H3. The van der Waals surface area contributed by atoms with E-state index in [9.17, 15) is 8.42 Å². The molecule has 0 atom stereocenters. The van der Waals surface area contributed by atoms with Crippen LogP contribution in [0, 0.1) is 5.92 Å². The van der Waals surface area contributed by atoms with E-state index < -0.39 is 10.0 Å². The van der Waals surface area contributed by atoms with Crippen molar-refractivity contribution >= 4 is 26.0 Å². The van der Waals surface area contributed by atoms with Gasteiger partial charge in [0, 0.05) is 19.2 Å². The Morgan fingerprint density at radius 3 is 2.50 bits per heavy atom. The molecule has 1 heterocycles. The summed E-state index contributed by atoms with van der Waals surface area (Å²) in [6, 6.07) is 1.41. The largest absolute Gasteiger partial charge is 0.450 e. The lowest BCUT2D eigenvalue weighted by molar-refractivity contribution is 0.244. The Balaban J connectivity index is 2.22. The monoisotopic (exact) mass is 365 g/mol. The molecule has 1 aliphatic carbocycles. The Hall–Kier alpha value is -0.370. The van der Waals surface area contributed by atoms with Crippen LogP contribution < -0.4 is 0 Å². The second kappa shape index (κ2) is 6.17. The summed E-state index contributed by atoms with van der Waals surface area (Å²) in [5, 5.41) is 9.03. The Labute approximate surface area is 128 Å². The topological polar surface area (TPSA) is 70.8 Å². The van der Waals surface area contributed by atoms with E-state index in [1.54, 1.807) is 7.05 Å². The fraction of sp³-hybridized carbons (Fsp3) is 0.692. The zero-order chi connectivity index (χ0) is 14.9. The molecule has 1 aromatic rings. The highest BCUT2D eigenvalue weighted by Gasteiger charge is 2.33. The predicted octanol–water partition coefficient (Wildman–Crippen LogP) is 2.73. The van der Waals surface area contributed by atoms with Crippen LogP contribution in [0.3, 0.4) is 0 Å². The van der Waals surface area contributed by atoms with Gasteiger partial charge in [0.25, 0.3) is 0 Å². The van der Waals surface area contributed by atoms with Gasteiger partial charge in [-0.05, 0) is 47.5 Å². The molecule has 20 heavy (non-hydrogen) atoms. The number of hydrogen-bond acceptors (Lipinski definition) is 4. The van der Waals surface area contributed by atoms with Crippen molar-refractivity contribution in [3.05, 3.63) is 16.5 Å². The third kappa shape index (κ3) is 3.10. The van der Waals surface area contributed by atoms with Crippen molar-refractivity contribution in [1.82, 2.24) is 4.31 Å². The normalized spacial score (nSPS) is 24.2. The fourth-order valence-electron chi connectivity index (χ4n) is 2.61. The molecular formula is C13H20BrNO4S. The quantitative estimate of drug-likeness (QED) is 0.890. The van der Waals surface area contributed by atoms with Gasteiger partial charge in [0.15, 0.2) is 4.67 Å². The van der Waals surface area contributed by atoms with Crippen LogP contribution in [0.1, 0.15) is 38.4 Å². The number of aliphatic hydroxyl groups is 1. The van der Waals surface area contributed by atoms with Gasteiger partial charge in [-0.1, -0.05) is 6.92 Å². The summed E-state index contributed by atoms with van der Waals surface area (Å²) in [4.78, 5) is 0.0858. The van der Waals surface area contributed by atoms with Crippen molar-refractivity contribution in [3.8, 4) is 0 Å². The van der Waals surface area contributed by atoms with Crippen LogP contribution in [0.15, 0.2) is 20.0 Å². The second-order valence-corrected chi connectivity index (χ2v) is 8.13. The van der Waals surface area contributed by atoms with Crippen LogP contribution in [0.4, 0.5) is 0 Å². The van der Waals surface area contributed by atoms with Gasteiger partial charge in [0.05, 0.1) is 0 Å². The van der Waals surface area contributed by atoms with Crippen LogP contribution in [-0.2, 0) is 16.6 Å². The van der Waals surface area contributed by atoms with E-state index in [1.165, 1.54) is 10.4 Å². The number of halogens is 1. The average molecular weight is 366 g/mol. The van der Waals surface area contributed by atoms with Crippen LogP contribution >= 0.6 is 15.9 Å². The first kappa shape index (κ1) is 16.0. The molecule has 0 spiro atoms. The minimum atomic E-state index is -3.59. The zero-order valence-corrected chi connectivity index (χ0v) is 14.1. The van der Waals surface area contributed by atoms with Gasteiger partial charge in [-0.3, -0.25) is 0 Å². The Kier molecular flexibility index (Phi) is 4.94. The van der Waals surface area contributed by atoms with E-state index in [0.29, 0.717) is 5.92 Å². The highest BCUT2D eigenvalue weighted by Crippen LogP contribution is 2.33. The molecule has 2 rings (SSSR count). The highest BCUT2D eigenvalue weighted by molar-refractivity contribution is 9.10. The summed E-state index contributed by atoms with van der Waals surface area (Å²) >= 11 is 3.11. The lowest BCUT2D eigenvalue weighted by Crippen LogP contribution is -2.39. The molecule has 1 aromatic heterocycles. The third-order valence-electron chi connectivity index (χ3n) is 4.02. The molecular weight excluding hydrogens is 346 g/mol. The molecule has 1 aliphatic rings. The summed E-state index contributed by atoms with van der Waals surface area (Å²) in [7, 11) is -1.98. The Morgan fingerprint density at radius 1 is 1.40 bits per heavy atom. The molecule has 0 radical (unpaired) electrons. The third-order valence-corrected chi connectivity index (χ3v) is 6.79. The van der Waals surface area contributed by atoms with E-state index in [4.69, 9.17) is 9.52 Å². The summed E-state index contributed by atoms with van der Waals surface area (Å²) in [5.74, 6) is 0.908. The molecule has 0 bridgehead atoms. The first-order valence-corrected chi connectivity index (χ1v) is 8.96. The maximum absolute atomic E-state index is 12.6. The lowest BCUT2D eigenvalue weighted by atomic mass is 9.87. The Morgan fingerprint density at radius 2 is 2.00 bits per heavy atom. The van der Waals surface area contributed by atoms with Crippen molar-refractivity contribution in [2.75, 3.05) is 7.05 Å². The number of rotatable bonds is 4. The van der Waals surface area contributed by atoms with Crippen molar-refractivity contribution < 1.29 is 17.9 Å². The van der Waals surface area contributed by atoms with E-state index in [1.807, 2.05) is 0 Å². The predicted molar refractivity (Wildman–Crippen MR) is 78.7 cm³/mol. The molecule has 1 N–H and O–H groups in total. The molecule has 0 amide bonds. The second-order valence-electron chi connectivity index (χ2n) is 5.44. The number of sulfonamides is 1. The van der Waals surface area contributed by atoms with E-state index >= 15 is 0 Å². The lowest BCUT2D eigenvalue weighted by Gasteiger charge is -2.32. The van der Waals surface area contributed by atoms with Gasteiger partial charge in [0.1, 0.15) is 17.3 Å². The molecule has 0 aliphatic heterocycles. The molecule has 0 aromatic carbocycles. The summed E-state index contributed by atoms with van der Waals surface area (Å²) in [6.45, 7) is 1.88. The van der Waals surface area contributed by atoms with Gasteiger partial charge in [-0.15, -0.1) is 0 Å². The molecule has 7 heteroatoms. The minimum Gasteiger partial charge on any atom is -0.450 e. The van der Waals surface area contributed by atoms with Gasteiger partial charge < -0.3 is 9.52 Å². The Bertz CT molecular complexity index is 561. The number of aliphatic hydroxyl groups excluding tert-OH is 1. The summed E-state index contributed by atoms with van der Waals surface area (Å²) in [5.41, 5.74) is 0. The molecule has 114 valence electrons. The smallest absolute Gasteiger partial charge is 0.247 e. The number of furan rings is 1. The maximum atomic E-state index is 12.6. The van der Waals surface area contributed by atoms with Gasteiger partial charge in [-0.25, -0.2) is 8.42 Å². The zero-order valence-electron chi connectivity index (χ0n) is 11.7. The maximum Gasteiger partial charge on any atom is 0.247 e. The average Bonchev–Trinajstić information content (AvgIpc) is 2.81. The summed E-state index contributed by atoms with van der Waals surface area (Å²) < 4.78 is 32.0. The van der Waals surface area contributed by atoms with E-state index in [2.05, 4.69) is 22.9 Å². The fourth-order valence-corrected chi connectivity index (χ4v) is 4.98. The van der Waals surface area contributed by atoms with Crippen LogP contribution in [0.25, 0.3) is 0 Å². The first-order valence-electron chi connectivity index (χ1n) is 6.73. The molecule has 5 nitrogen and oxygen atoms in total. The SMILES string of the molecule is CC1CCC(N(C)S(=O)(=O)c2cc(CO)oc2Br)CC1. The molecule has 0 unspecified atom stereocenters. The van der Waals surface area contributed by atoms with Crippen molar-refractivity contribution in [3.63, 3.8) is 0 Å². The van der Waals surface area contributed by atoms with Crippen LogP contribution in [0.2, 0.25) is 0 Å². The van der Waals surface area contributed by atoms with Crippen molar-refractivity contribution in [2.45, 2.75) is 50.2 Å². The molecule has 0 saturated heterocycles. The van der Waals surface area contributed by atoms with Gasteiger partial charge in [0.2, 0.25) is 10.0 Å². The number of nitrogens with zero attached hydrogens (tertiary/aromatic N) is 1. The van der Waals surface area contributed by atoms with Gasteiger partial charge in [-0.2, -0.15) is 4.31 Å². The van der Waals surface area contributed by atoms with E-state index in [-0.39, 0.29) is 28.0 Å². The molecule has 1 saturated carbocycles. The van der Waals surface area contributed by atoms with Crippen molar-refractivity contribution in [2.24, 2.45) is 5.92 Å². The van der Waals surface area contributed by atoms with Crippen LogP contribution in [-0.4, -0.2) is 30.9 Å². The van der Waals surface area contributed by atoms with Crippen LogP contribution in [0.5, 0.6) is 0 Å². The minimum absolute atomic E-state index is 0.0376. The molecule has 1 fully saturated rings. The number of hydrogen-bond donors (Lipinski definition) is 1. The van der Waals surface area contributed by atoms with Crippen molar-refractivity contribution in [1.29, 1.82) is 0 Å².